The molecule has 1 N–H and O–H groups in total. The van der Waals surface area contributed by atoms with Crippen molar-refractivity contribution in [3.63, 3.8) is 0 Å². The van der Waals surface area contributed by atoms with E-state index < -0.39 is 0 Å². The standard InChI is InChI=1S/C26H31N3O2/c1-4-21-11-5-6-16-29(21)24-15-14-20-10-8-13-23(26(20)28-24)31-17-25(30)27-22-12-7-9-18(2)19(22)3/h7-10,12-15,21H,4-6,11,16-17H2,1-3H3,(H,27,30). The second-order valence-electron chi connectivity index (χ2n) is 8.33. The average molecular weight is 418 g/mol. The first-order valence-electron chi connectivity index (χ1n) is 11.2. The molecule has 0 radical (unpaired) electrons. The van der Waals surface area contributed by atoms with Gasteiger partial charge in [-0.2, -0.15) is 0 Å². The number of para-hydroxylation sites is 1. The van der Waals surface area contributed by atoms with Crippen LogP contribution >= 0.6 is 0 Å². The van der Waals surface area contributed by atoms with Crippen molar-refractivity contribution in [3.05, 3.63) is 59.7 Å². The molecule has 0 saturated carbocycles. The number of rotatable bonds is 6. The van der Waals surface area contributed by atoms with E-state index in [1.54, 1.807) is 0 Å². The van der Waals surface area contributed by atoms with Gasteiger partial charge in [0.1, 0.15) is 17.1 Å². The van der Waals surface area contributed by atoms with Crippen molar-refractivity contribution in [1.82, 2.24) is 4.98 Å². The molecule has 1 aliphatic heterocycles. The minimum atomic E-state index is -0.177. The normalized spacial score (nSPS) is 16.4. The Kier molecular flexibility index (Phi) is 6.40. The van der Waals surface area contributed by atoms with Gasteiger partial charge in [-0.1, -0.05) is 31.2 Å². The van der Waals surface area contributed by atoms with Crippen LogP contribution in [0.15, 0.2) is 48.5 Å². The van der Waals surface area contributed by atoms with Crippen molar-refractivity contribution < 1.29 is 9.53 Å². The molecule has 2 heterocycles. The van der Waals surface area contributed by atoms with Gasteiger partial charge in [-0.15, -0.1) is 0 Å². The average Bonchev–Trinajstić information content (AvgIpc) is 2.80. The summed E-state index contributed by atoms with van der Waals surface area (Å²) in [5.41, 5.74) is 3.84. The molecule has 0 aliphatic carbocycles. The first kappa shape index (κ1) is 21.2. The van der Waals surface area contributed by atoms with Crippen molar-refractivity contribution >= 4 is 28.3 Å². The summed E-state index contributed by atoms with van der Waals surface area (Å²) in [4.78, 5) is 19.9. The van der Waals surface area contributed by atoms with E-state index in [0.29, 0.717) is 11.8 Å². The predicted molar refractivity (Wildman–Crippen MR) is 127 cm³/mol. The summed E-state index contributed by atoms with van der Waals surface area (Å²) < 4.78 is 5.93. The van der Waals surface area contributed by atoms with E-state index in [4.69, 9.17) is 9.72 Å². The van der Waals surface area contributed by atoms with Gasteiger partial charge in [-0.3, -0.25) is 4.79 Å². The molecule has 4 rings (SSSR count). The number of anilines is 2. The Balaban J connectivity index is 1.52. The van der Waals surface area contributed by atoms with Gasteiger partial charge in [0.05, 0.1) is 0 Å². The van der Waals surface area contributed by atoms with Gasteiger partial charge in [0.15, 0.2) is 6.61 Å². The molecule has 5 nitrogen and oxygen atoms in total. The number of carbonyl (C=O) groups excluding carboxylic acids is 1. The van der Waals surface area contributed by atoms with Gasteiger partial charge in [0.25, 0.3) is 5.91 Å². The molecule has 1 saturated heterocycles. The van der Waals surface area contributed by atoms with Crippen molar-refractivity contribution in [3.8, 4) is 5.75 Å². The van der Waals surface area contributed by atoms with Gasteiger partial charge < -0.3 is 15.0 Å². The Bertz CT molecular complexity index is 1080. The van der Waals surface area contributed by atoms with E-state index in [2.05, 4.69) is 29.3 Å². The Morgan fingerprint density at radius 1 is 1.13 bits per heavy atom. The van der Waals surface area contributed by atoms with Gasteiger partial charge in [-0.25, -0.2) is 4.98 Å². The lowest BCUT2D eigenvalue weighted by atomic mass is 10.00. The highest BCUT2D eigenvalue weighted by Crippen LogP contribution is 2.30. The lowest BCUT2D eigenvalue weighted by molar-refractivity contribution is -0.118. The number of hydrogen-bond acceptors (Lipinski definition) is 4. The summed E-state index contributed by atoms with van der Waals surface area (Å²) in [6.07, 6.45) is 4.82. The van der Waals surface area contributed by atoms with Crippen LogP contribution < -0.4 is 15.0 Å². The van der Waals surface area contributed by atoms with Crippen LogP contribution in [0.5, 0.6) is 5.75 Å². The Morgan fingerprint density at radius 2 is 1.97 bits per heavy atom. The fourth-order valence-electron chi connectivity index (χ4n) is 4.33. The molecule has 2 aromatic carbocycles. The number of benzene rings is 2. The number of aromatic nitrogens is 1. The van der Waals surface area contributed by atoms with E-state index in [-0.39, 0.29) is 12.5 Å². The molecule has 3 aromatic rings. The number of nitrogens with one attached hydrogen (secondary N) is 1. The molecule has 1 fully saturated rings. The lowest BCUT2D eigenvalue weighted by Crippen LogP contribution is -2.39. The molecule has 1 amide bonds. The molecule has 0 bridgehead atoms. The highest BCUT2D eigenvalue weighted by molar-refractivity contribution is 5.93. The largest absolute Gasteiger partial charge is 0.481 e. The number of aryl methyl sites for hydroxylation is 1. The number of hydrogen-bond donors (Lipinski definition) is 1. The SMILES string of the molecule is CCC1CCCCN1c1ccc2cccc(OCC(=O)Nc3cccc(C)c3C)c2n1. The van der Waals surface area contributed by atoms with Gasteiger partial charge >= 0.3 is 0 Å². The molecule has 0 spiro atoms. The van der Waals surface area contributed by atoms with Crippen molar-refractivity contribution in [1.29, 1.82) is 0 Å². The molecular formula is C26H31N3O2. The van der Waals surface area contributed by atoms with E-state index in [1.165, 1.54) is 19.3 Å². The van der Waals surface area contributed by atoms with Crippen LogP contribution in [-0.2, 0) is 4.79 Å². The fraction of sp³-hybridized carbons (Fsp3) is 0.385. The smallest absolute Gasteiger partial charge is 0.262 e. The molecule has 1 aliphatic rings. The minimum Gasteiger partial charge on any atom is -0.481 e. The van der Waals surface area contributed by atoms with E-state index >= 15 is 0 Å². The highest BCUT2D eigenvalue weighted by atomic mass is 16.5. The van der Waals surface area contributed by atoms with Gasteiger partial charge in [-0.05, 0) is 74.9 Å². The van der Waals surface area contributed by atoms with E-state index in [1.807, 2.05) is 50.2 Å². The van der Waals surface area contributed by atoms with Crippen LogP contribution in [-0.4, -0.2) is 30.1 Å². The molecular weight excluding hydrogens is 386 g/mol. The first-order chi connectivity index (χ1) is 15.1. The fourth-order valence-corrected chi connectivity index (χ4v) is 4.33. The Morgan fingerprint density at radius 3 is 2.81 bits per heavy atom. The maximum atomic E-state index is 12.5. The topological polar surface area (TPSA) is 54.5 Å². The molecule has 31 heavy (non-hydrogen) atoms. The monoisotopic (exact) mass is 417 g/mol. The van der Waals surface area contributed by atoms with Crippen LogP contribution in [0.4, 0.5) is 11.5 Å². The summed E-state index contributed by atoms with van der Waals surface area (Å²) >= 11 is 0. The zero-order valence-corrected chi connectivity index (χ0v) is 18.6. The van der Waals surface area contributed by atoms with Crippen molar-refractivity contribution in [2.75, 3.05) is 23.4 Å². The Hall–Kier alpha value is -3.08. The highest BCUT2D eigenvalue weighted by Gasteiger charge is 2.22. The zero-order chi connectivity index (χ0) is 21.8. The van der Waals surface area contributed by atoms with Crippen LogP contribution in [0.2, 0.25) is 0 Å². The van der Waals surface area contributed by atoms with Crippen LogP contribution in [0.1, 0.15) is 43.7 Å². The minimum absolute atomic E-state index is 0.0559. The number of amides is 1. The Labute approximate surface area is 184 Å². The van der Waals surface area contributed by atoms with E-state index in [9.17, 15) is 4.79 Å². The summed E-state index contributed by atoms with van der Waals surface area (Å²) in [5, 5.41) is 3.97. The predicted octanol–water partition coefficient (Wildman–Crippen LogP) is 5.64. The zero-order valence-electron chi connectivity index (χ0n) is 18.6. The van der Waals surface area contributed by atoms with Gasteiger partial charge in [0, 0.05) is 23.7 Å². The third kappa shape index (κ3) is 4.66. The lowest BCUT2D eigenvalue weighted by Gasteiger charge is -2.36. The first-order valence-corrected chi connectivity index (χ1v) is 11.2. The second kappa shape index (κ2) is 9.38. The van der Waals surface area contributed by atoms with Gasteiger partial charge in [0.2, 0.25) is 0 Å². The van der Waals surface area contributed by atoms with Crippen molar-refractivity contribution in [2.24, 2.45) is 0 Å². The summed E-state index contributed by atoms with van der Waals surface area (Å²) in [6, 6.07) is 16.5. The third-order valence-corrected chi connectivity index (χ3v) is 6.30. The number of pyridine rings is 1. The number of carbonyl (C=O) groups is 1. The summed E-state index contributed by atoms with van der Waals surface area (Å²) in [6.45, 7) is 7.27. The number of fused-ring (bicyclic) bond motifs is 1. The van der Waals surface area contributed by atoms with Crippen LogP contribution in [0, 0.1) is 13.8 Å². The molecule has 1 aromatic heterocycles. The van der Waals surface area contributed by atoms with Crippen LogP contribution in [0.25, 0.3) is 10.9 Å². The third-order valence-electron chi connectivity index (χ3n) is 6.30. The number of ether oxygens (including phenoxy) is 1. The van der Waals surface area contributed by atoms with E-state index in [0.717, 1.165) is 46.5 Å². The molecule has 1 unspecified atom stereocenters. The maximum absolute atomic E-state index is 12.5. The second-order valence-corrected chi connectivity index (χ2v) is 8.33. The van der Waals surface area contributed by atoms with Crippen LogP contribution in [0.3, 0.4) is 0 Å². The maximum Gasteiger partial charge on any atom is 0.262 e. The summed E-state index contributed by atoms with van der Waals surface area (Å²) in [7, 11) is 0. The molecule has 162 valence electrons. The number of nitrogens with zero attached hydrogens (tertiary/aromatic N) is 2. The molecule has 1 atom stereocenters. The van der Waals surface area contributed by atoms with Crippen molar-refractivity contribution in [2.45, 2.75) is 52.5 Å². The quantitative estimate of drug-likeness (QED) is 0.564. The molecule has 5 heteroatoms. The summed E-state index contributed by atoms with van der Waals surface area (Å²) in [5.74, 6) is 1.46. The number of piperidine rings is 1.